The van der Waals surface area contributed by atoms with E-state index >= 15 is 0 Å². The summed E-state index contributed by atoms with van der Waals surface area (Å²) in [6.07, 6.45) is 4.30. The minimum Gasteiger partial charge on any atom is -0.375 e. The highest BCUT2D eigenvalue weighted by molar-refractivity contribution is 7.86. The number of hydrogen-bond acceptors (Lipinski definition) is 3. The molecular weight excluding hydrogens is 252 g/mol. The van der Waals surface area contributed by atoms with Crippen LogP contribution in [0, 0.1) is 0 Å². The lowest BCUT2D eigenvalue weighted by Crippen LogP contribution is -2.58. The fourth-order valence-electron chi connectivity index (χ4n) is 3.05. The molecule has 2 unspecified atom stereocenters. The molecule has 2 fully saturated rings. The third-order valence-corrected chi connectivity index (χ3v) is 6.22. The molecule has 6 heteroatoms. The van der Waals surface area contributed by atoms with Gasteiger partial charge in [-0.25, -0.2) is 0 Å². The second-order valence-electron chi connectivity index (χ2n) is 4.96. The molecule has 2 aliphatic rings. The zero-order chi connectivity index (χ0) is 13.2. The molecule has 1 aliphatic heterocycles. The maximum Gasteiger partial charge on any atom is 0.282 e. The summed E-state index contributed by atoms with van der Waals surface area (Å²) in [6.45, 7) is 5.88. The van der Waals surface area contributed by atoms with Gasteiger partial charge in [-0.2, -0.15) is 17.0 Å². The van der Waals surface area contributed by atoms with Crippen LogP contribution in [0.3, 0.4) is 0 Å². The van der Waals surface area contributed by atoms with Crippen molar-refractivity contribution in [2.24, 2.45) is 0 Å². The van der Waals surface area contributed by atoms with Crippen LogP contribution in [0.2, 0.25) is 0 Å². The van der Waals surface area contributed by atoms with Crippen LogP contribution in [-0.4, -0.2) is 55.4 Å². The van der Waals surface area contributed by atoms with Gasteiger partial charge in [0.2, 0.25) is 0 Å². The van der Waals surface area contributed by atoms with Gasteiger partial charge in [0.25, 0.3) is 10.2 Å². The molecule has 2 atom stereocenters. The third kappa shape index (κ3) is 2.57. The van der Waals surface area contributed by atoms with Crippen molar-refractivity contribution in [3.8, 4) is 0 Å². The van der Waals surface area contributed by atoms with Crippen LogP contribution < -0.4 is 0 Å². The van der Waals surface area contributed by atoms with Gasteiger partial charge in [0.15, 0.2) is 0 Å². The van der Waals surface area contributed by atoms with Gasteiger partial charge in [-0.05, 0) is 12.8 Å². The van der Waals surface area contributed by atoms with Gasteiger partial charge in [0.1, 0.15) is 0 Å². The first-order chi connectivity index (χ1) is 8.61. The van der Waals surface area contributed by atoms with Crippen LogP contribution in [0.25, 0.3) is 0 Å². The van der Waals surface area contributed by atoms with Gasteiger partial charge in [0.05, 0.1) is 18.8 Å². The summed E-state index contributed by atoms with van der Waals surface area (Å²) >= 11 is 0. The Morgan fingerprint density at radius 1 is 1.22 bits per heavy atom. The summed E-state index contributed by atoms with van der Waals surface area (Å²) < 4.78 is 34.2. The van der Waals surface area contributed by atoms with Crippen molar-refractivity contribution in [2.75, 3.05) is 26.2 Å². The fourth-order valence-corrected chi connectivity index (χ4v) is 4.88. The normalized spacial score (nSPS) is 30.4. The van der Waals surface area contributed by atoms with Gasteiger partial charge in [0, 0.05) is 19.6 Å². The second-order valence-corrected chi connectivity index (χ2v) is 6.84. The average Bonchev–Trinajstić information content (AvgIpc) is 2.39. The molecule has 18 heavy (non-hydrogen) atoms. The number of rotatable bonds is 4. The first kappa shape index (κ1) is 14.2. The SMILES string of the molecule is CCN(CC)S(=O)(=O)N1CCOC2CCCCC21. The number of morpholine rings is 1. The van der Waals surface area contributed by atoms with Crippen molar-refractivity contribution >= 4 is 10.2 Å². The van der Waals surface area contributed by atoms with E-state index in [1.165, 1.54) is 0 Å². The predicted octanol–water partition coefficient (Wildman–Crippen LogP) is 1.22. The van der Waals surface area contributed by atoms with Crippen molar-refractivity contribution in [2.45, 2.75) is 51.7 Å². The lowest BCUT2D eigenvalue weighted by atomic mass is 9.91. The van der Waals surface area contributed by atoms with E-state index in [4.69, 9.17) is 4.74 Å². The molecule has 0 radical (unpaired) electrons. The largest absolute Gasteiger partial charge is 0.375 e. The summed E-state index contributed by atoms with van der Waals surface area (Å²) in [5.74, 6) is 0. The molecular formula is C12H24N2O3S. The highest BCUT2D eigenvalue weighted by Crippen LogP contribution is 2.30. The highest BCUT2D eigenvalue weighted by atomic mass is 32.2. The summed E-state index contributed by atoms with van der Waals surface area (Å²) in [5.41, 5.74) is 0. The van der Waals surface area contributed by atoms with Gasteiger partial charge < -0.3 is 4.74 Å². The molecule has 1 heterocycles. The molecule has 0 aromatic carbocycles. The molecule has 1 aliphatic carbocycles. The van der Waals surface area contributed by atoms with Gasteiger partial charge >= 0.3 is 0 Å². The van der Waals surface area contributed by atoms with Crippen molar-refractivity contribution in [1.82, 2.24) is 8.61 Å². The Hall–Kier alpha value is -0.170. The highest BCUT2D eigenvalue weighted by Gasteiger charge is 2.41. The van der Waals surface area contributed by atoms with E-state index in [1.54, 1.807) is 8.61 Å². The zero-order valence-electron chi connectivity index (χ0n) is 11.3. The summed E-state index contributed by atoms with van der Waals surface area (Å²) in [5, 5.41) is 0. The second kappa shape index (κ2) is 5.86. The summed E-state index contributed by atoms with van der Waals surface area (Å²) in [4.78, 5) is 0. The Bertz CT molecular complexity index is 366. The number of nitrogens with zero attached hydrogens (tertiary/aromatic N) is 2. The standard InChI is InChI=1S/C12H24N2O3S/c1-3-13(4-2)18(15,16)14-9-10-17-12-8-6-5-7-11(12)14/h11-12H,3-10H2,1-2H3. The molecule has 5 nitrogen and oxygen atoms in total. The topological polar surface area (TPSA) is 49.9 Å². The quantitative estimate of drug-likeness (QED) is 0.775. The molecule has 0 spiro atoms. The number of ether oxygens (including phenoxy) is 1. The molecule has 0 aromatic rings. The summed E-state index contributed by atoms with van der Waals surface area (Å²) in [7, 11) is -3.31. The van der Waals surface area contributed by atoms with Gasteiger partial charge in [-0.1, -0.05) is 26.7 Å². The molecule has 2 rings (SSSR count). The molecule has 106 valence electrons. The van der Waals surface area contributed by atoms with E-state index in [0.29, 0.717) is 26.2 Å². The van der Waals surface area contributed by atoms with Crippen LogP contribution in [0.15, 0.2) is 0 Å². The maximum atomic E-state index is 12.6. The Kier molecular flexibility index (Phi) is 4.64. The van der Waals surface area contributed by atoms with Gasteiger partial charge in [-0.15, -0.1) is 0 Å². The Morgan fingerprint density at radius 3 is 2.56 bits per heavy atom. The predicted molar refractivity (Wildman–Crippen MR) is 70.5 cm³/mol. The van der Waals surface area contributed by atoms with Crippen LogP contribution in [0.4, 0.5) is 0 Å². The van der Waals surface area contributed by atoms with E-state index < -0.39 is 10.2 Å². The van der Waals surface area contributed by atoms with E-state index in [1.807, 2.05) is 13.8 Å². The third-order valence-electron chi connectivity index (χ3n) is 4.01. The molecule has 0 N–H and O–H groups in total. The van der Waals surface area contributed by atoms with Crippen molar-refractivity contribution in [3.63, 3.8) is 0 Å². The van der Waals surface area contributed by atoms with Crippen LogP contribution >= 0.6 is 0 Å². The van der Waals surface area contributed by atoms with E-state index in [0.717, 1.165) is 25.7 Å². The Morgan fingerprint density at radius 2 is 1.89 bits per heavy atom. The van der Waals surface area contributed by atoms with Crippen LogP contribution in [0.5, 0.6) is 0 Å². The molecule has 0 bridgehead atoms. The van der Waals surface area contributed by atoms with Crippen molar-refractivity contribution in [3.05, 3.63) is 0 Å². The number of fused-ring (bicyclic) bond motifs is 1. The van der Waals surface area contributed by atoms with Gasteiger partial charge in [-0.3, -0.25) is 0 Å². The first-order valence-corrected chi connectivity index (χ1v) is 8.39. The van der Waals surface area contributed by atoms with Crippen molar-refractivity contribution in [1.29, 1.82) is 0 Å². The van der Waals surface area contributed by atoms with Crippen molar-refractivity contribution < 1.29 is 13.2 Å². The van der Waals surface area contributed by atoms with E-state index in [-0.39, 0.29) is 12.1 Å². The molecule has 1 saturated carbocycles. The van der Waals surface area contributed by atoms with E-state index in [9.17, 15) is 8.42 Å². The monoisotopic (exact) mass is 276 g/mol. The lowest BCUT2D eigenvalue weighted by molar-refractivity contribution is -0.0601. The average molecular weight is 276 g/mol. The fraction of sp³-hybridized carbons (Fsp3) is 1.00. The molecule has 0 aromatic heterocycles. The summed E-state index contributed by atoms with van der Waals surface area (Å²) in [6, 6.07) is 0.0538. The van der Waals surface area contributed by atoms with E-state index in [2.05, 4.69) is 0 Å². The lowest BCUT2D eigenvalue weighted by Gasteiger charge is -2.44. The minimum absolute atomic E-state index is 0.0538. The number of hydrogen-bond donors (Lipinski definition) is 0. The van der Waals surface area contributed by atoms with Crippen LogP contribution in [0.1, 0.15) is 39.5 Å². The first-order valence-electron chi connectivity index (χ1n) is 6.99. The zero-order valence-corrected chi connectivity index (χ0v) is 12.2. The molecule has 0 amide bonds. The minimum atomic E-state index is -3.31. The Balaban J connectivity index is 2.19. The molecule has 1 saturated heterocycles. The smallest absolute Gasteiger partial charge is 0.282 e. The maximum absolute atomic E-state index is 12.6. The Labute approximate surface area is 110 Å². The van der Waals surface area contributed by atoms with Crippen LogP contribution in [-0.2, 0) is 14.9 Å².